The van der Waals surface area contributed by atoms with E-state index in [0.717, 1.165) is 22.0 Å². The second-order valence-corrected chi connectivity index (χ2v) is 5.11. The van der Waals surface area contributed by atoms with Gasteiger partial charge in [-0.15, -0.1) is 11.3 Å². The smallest absolute Gasteiger partial charge is 0.270 e. The SMILES string of the molecule is CCCC(O)c1noc(-c2sc(C)nc2C)n1. The average molecular weight is 253 g/mol. The summed E-state index contributed by atoms with van der Waals surface area (Å²) < 4.78 is 5.16. The Hall–Kier alpha value is -1.27. The van der Waals surface area contributed by atoms with E-state index in [4.69, 9.17) is 4.52 Å². The zero-order valence-electron chi connectivity index (χ0n) is 10.1. The molecule has 0 aliphatic rings. The van der Waals surface area contributed by atoms with Gasteiger partial charge in [-0.1, -0.05) is 18.5 Å². The number of rotatable bonds is 4. The van der Waals surface area contributed by atoms with Gasteiger partial charge in [0.15, 0.2) is 0 Å². The lowest BCUT2D eigenvalue weighted by Crippen LogP contribution is -1.98. The van der Waals surface area contributed by atoms with Crippen molar-refractivity contribution in [3.63, 3.8) is 0 Å². The first-order valence-corrected chi connectivity index (χ1v) is 6.39. The molecule has 0 aliphatic carbocycles. The Labute approximate surface area is 104 Å². The third kappa shape index (κ3) is 2.53. The van der Waals surface area contributed by atoms with Crippen molar-refractivity contribution in [2.24, 2.45) is 0 Å². The van der Waals surface area contributed by atoms with Crippen molar-refractivity contribution in [3.8, 4) is 10.8 Å². The van der Waals surface area contributed by atoms with Gasteiger partial charge in [0.25, 0.3) is 5.89 Å². The highest BCUT2D eigenvalue weighted by Gasteiger charge is 2.18. The van der Waals surface area contributed by atoms with Gasteiger partial charge >= 0.3 is 0 Å². The van der Waals surface area contributed by atoms with Crippen LogP contribution in [0.4, 0.5) is 0 Å². The third-order valence-corrected chi connectivity index (χ3v) is 3.46. The quantitative estimate of drug-likeness (QED) is 0.906. The van der Waals surface area contributed by atoms with Gasteiger partial charge < -0.3 is 9.63 Å². The summed E-state index contributed by atoms with van der Waals surface area (Å²) in [5.41, 5.74) is 0.882. The Balaban J connectivity index is 2.26. The summed E-state index contributed by atoms with van der Waals surface area (Å²) in [5.74, 6) is 0.797. The van der Waals surface area contributed by atoms with Crippen molar-refractivity contribution in [1.29, 1.82) is 0 Å². The molecule has 1 N–H and O–H groups in total. The van der Waals surface area contributed by atoms with E-state index in [2.05, 4.69) is 15.1 Å². The minimum absolute atomic E-state index is 0.354. The number of aliphatic hydroxyl groups excluding tert-OH is 1. The van der Waals surface area contributed by atoms with Gasteiger partial charge in [0.2, 0.25) is 5.82 Å². The molecule has 17 heavy (non-hydrogen) atoms. The summed E-state index contributed by atoms with van der Waals surface area (Å²) in [6, 6.07) is 0. The molecule has 2 rings (SSSR count). The van der Waals surface area contributed by atoms with Crippen molar-refractivity contribution in [2.45, 2.75) is 39.7 Å². The standard InChI is InChI=1S/C11H15N3O2S/c1-4-5-8(15)10-13-11(16-14-10)9-6(2)12-7(3)17-9/h8,15H,4-5H2,1-3H3. The van der Waals surface area contributed by atoms with Crippen LogP contribution in [0.3, 0.4) is 0 Å². The van der Waals surface area contributed by atoms with Gasteiger partial charge in [-0.25, -0.2) is 4.98 Å². The van der Waals surface area contributed by atoms with Crippen molar-refractivity contribution in [1.82, 2.24) is 15.1 Å². The van der Waals surface area contributed by atoms with E-state index >= 15 is 0 Å². The predicted molar refractivity (Wildman–Crippen MR) is 64.7 cm³/mol. The highest BCUT2D eigenvalue weighted by molar-refractivity contribution is 7.15. The minimum atomic E-state index is -0.646. The Kier molecular flexibility index (Phi) is 3.54. The topological polar surface area (TPSA) is 72.0 Å². The van der Waals surface area contributed by atoms with Crippen LogP contribution in [0.15, 0.2) is 4.52 Å². The van der Waals surface area contributed by atoms with Crippen LogP contribution in [0.1, 0.15) is 42.4 Å². The maximum atomic E-state index is 9.76. The molecule has 0 amide bonds. The molecule has 0 fully saturated rings. The Morgan fingerprint density at radius 1 is 1.35 bits per heavy atom. The molecule has 0 aliphatic heterocycles. The fourth-order valence-corrected chi connectivity index (χ4v) is 2.44. The number of aromatic nitrogens is 3. The fourth-order valence-electron chi connectivity index (χ4n) is 1.59. The number of thiazole rings is 1. The molecule has 0 radical (unpaired) electrons. The lowest BCUT2D eigenvalue weighted by Gasteiger charge is -2.01. The second kappa shape index (κ2) is 4.93. The average Bonchev–Trinajstić information content (AvgIpc) is 2.85. The number of hydrogen-bond donors (Lipinski definition) is 1. The first kappa shape index (κ1) is 12.2. The summed E-state index contributed by atoms with van der Waals surface area (Å²) in [6.45, 7) is 5.84. The zero-order valence-corrected chi connectivity index (χ0v) is 10.9. The van der Waals surface area contributed by atoms with Crippen LogP contribution in [0, 0.1) is 13.8 Å². The van der Waals surface area contributed by atoms with Crippen LogP contribution in [0.25, 0.3) is 10.8 Å². The number of aryl methyl sites for hydroxylation is 2. The van der Waals surface area contributed by atoms with Gasteiger partial charge in [0.05, 0.1) is 10.7 Å². The van der Waals surface area contributed by atoms with E-state index in [1.165, 1.54) is 11.3 Å². The third-order valence-electron chi connectivity index (χ3n) is 2.40. The monoisotopic (exact) mass is 253 g/mol. The van der Waals surface area contributed by atoms with Crippen LogP contribution in [0.2, 0.25) is 0 Å². The summed E-state index contributed by atoms with van der Waals surface area (Å²) in [7, 11) is 0. The van der Waals surface area contributed by atoms with Crippen LogP contribution in [0.5, 0.6) is 0 Å². The van der Waals surface area contributed by atoms with E-state index in [-0.39, 0.29) is 0 Å². The molecule has 1 atom stereocenters. The van der Waals surface area contributed by atoms with Crippen LogP contribution < -0.4 is 0 Å². The van der Waals surface area contributed by atoms with Crippen molar-refractivity contribution in [2.75, 3.05) is 0 Å². The fraction of sp³-hybridized carbons (Fsp3) is 0.545. The molecule has 2 heterocycles. The molecule has 92 valence electrons. The summed E-state index contributed by atoms with van der Waals surface area (Å²) in [6.07, 6.45) is 0.871. The molecule has 0 saturated heterocycles. The maximum Gasteiger partial charge on any atom is 0.270 e. The highest BCUT2D eigenvalue weighted by Crippen LogP contribution is 2.29. The highest BCUT2D eigenvalue weighted by atomic mass is 32.1. The molecule has 5 nitrogen and oxygen atoms in total. The summed E-state index contributed by atoms with van der Waals surface area (Å²) >= 11 is 1.52. The van der Waals surface area contributed by atoms with Crippen LogP contribution >= 0.6 is 11.3 Å². The molecule has 1 unspecified atom stereocenters. The van der Waals surface area contributed by atoms with E-state index < -0.39 is 6.10 Å². The van der Waals surface area contributed by atoms with E-state index in [1.807, 2.05) is 20.8 Å². The number of hydrogen-bond acceptors (Lipinski definition) is 6. The van der Waals surface area contributed by atoms with Crippen LogP contribution in [-0.4, -0.2) is 20.2 Å². The Morgan fingerprint density at radius 3 is 2.71 bits per heavy atom. The lowest BCUT2D eigenvalue weighted by molar-refractivity contribution is 0.153. The van der Waals surface area contributed by atoms with Crippen molar-refractivity contribution >= 4 is 11.3 Å². The summed E-state index contributed by atoms with van der Waals surface area (Å²) in [5, 5.41) is 14.5. The maximum absolute atomic E-state index is 9.76. The molecule has 0 aromatic carbocycles. The van der Waals surface area contributed by atoms with Gasteiger partial charge in [0.1, 0.15) is 11.0 Å². The van der Waals surface area contributed by atoms with E-state index in [9.17, 15) is 5.11 Å². The molecular formula is C11H15N3O2S. The predicted octanol–water partition coefficient (Wildman–Crippen LogP) is 2.64. The number of nitrogens with zero attached hydrogens (tertiary/aromatic N) is 3. The molecule has 2 aromatic rings. The lowest BCUT2D eigenvalue weighted by atomic mass is 10.2. The Bertz CT molecular complexity index is 507. The van der Waals surface area contributed by atoms with Crippen molar-refractivity contribution < 1.29 is 9.63 Å². The van der Waals surface area contributed by atoms with E-state index in [0.29, 0.717) is 18.1 Å². The van der Waals surface area contributed by atoms with Crippen molar-refractivity contribution in [3.05, 3.63) is 16.5 Å². The molecule has 0 saturated carbocycles. The molecule has 0 bridgehead atoms. The minimum Gasteiger partial charge on any atom is -0.385 e. The number of aliphatic hydroxyl groups is 1. The second-order valence-electron chi connectivity index (χ2n) is 3.91. The van der Waals surface area contributed by atoms with Gasteiger partial charge in [0, 0.05) is 0 Å². The first-order chi connectivity index (χ1) is 8.11. The van der Waals surface area contributed by atoms with Gasteiger partial charge in [-0.05, 0) is 20.3 Å². The van der Waals surface area contributed by atoms with Gasteiger partial charge in [-0.3, -0.25) is 0 Å². The summed E-state index contributed by atoms with van der Waals surface area (Å²) in [4.78, 5) is 9.40. The zero-order chi connectivity index (χ0) is 12.4. The van der Waals surface area contributed by atoms with Crippen LogP contribution in [-0.2, 0) is 0 Å². The molecular weight excluding hydrogens is 238 g/mol. The molecule has 6 heteroatoms. The Morgan fingerprint density at radius 2 is 2.12 bits per heavy atom. The van der Waals surface area contributed by atoms with E-state index in [1.54, 1.807) is 0 Å². The molecule has 0 spiro atoms. The normalized spacial score (nSPS) is 12.9. The first-order valence-electron chi connectivity index (χ1n) is 5.58. The largest absolute Gasteiger partial charge is 0.385 e. The molecule has 2 aromatic heterocycles. The van der Waals surface area contributed by atoms with Gasteiger partial charge in [-0.2, -0.15) is 4.98 Å².